The first-order valence-electron chi connectivity index (χ1n) is 11.7. The van der Waals surface area contributed by atoms with E-state index in [0.29, 0.717) is 0 Å². The zero-order chi connectivity index (χ0) is 30.0. The zero-order valence-electron chi connectivity index (χ0n) is 21.7. The van der Waals surface area contributed by atoms with Crippen LogP contribution in [0.3, 0.4) is 0 Å². The van der Waals surface area contributed by atoms with Gasteiger partial charge in [0, 0.05) is 42.4 Å². The molecule has 0 bridgehead atoms. The molecule has 2 rings (SSSR count). The molecule has 20 nitrogen and oxygen atoms in total. The predicted octanol–water partition coefficient (Wildman–Crippen LogP) is 1.26. The smallest absolute Gasteiger partial charge is 0.303 e. The maximum absolute atomic E-state index is 11.9. The maximum atomic E-state index is 11.9. The van der Waals surface area contributed by atoms with Crippen LogP contribution in [0.25, 0.3) is 31.3 Å². The summed E-state index contributed by atoms with van der Waals surface area (Å²) in [4.78, 5) is 55.1. The zero-order valence-corrected chi connectivity index (χ0v) is 21.7. The number of aliphatic hydroxyl groups is 1. The van der Waals surface area contributed by atoms with Gasteiger partial charge in [-0.25, -0.2) is 0 Å². The molecule has 0 aromatic rings. The molecule has 2 fully saturated rings. The Kier molecular flexibility index (Phi) is 11.8. The van der Waals surface area contributed by atoms with E-state index in [0.717, 1.165) is 27.7 Å². The number of aliphatic hydroxyl groups excluding tert-OH is 1. The molecule has 218 valence electrons. The van der Waals surface area contributed by atoms with Crippen molar-refractivity contribution in [1.82, 2.24) is 0 Å². The van der Waals surface area contributed by atoms with Crippen molar-refractivity contribution in [3.05, 3.63) is 31.3 Å². The second-order valence-corrected chi connectivity index (χ2v) is 8.63. The number of rotatable bonds is 10. The minimum atomic E-state index is -1.77. The number of azide groups is 3. The van der Waals surface area contributed by atoms with E-state index in [1.54, 1.807) is 0 Å². The maximum Gasteiger partial charge on any atom is 0.303 e. The fourth-order valence-corrected chi connectivity index (χ4v) is 4.36. The van der Waals surface area contributed by atoms with Gasteiger partial charge in [-0.3, -0.25) is 19.2 Å². The van der Waals surface area contributed by atoms with Crippen molar-refractivity contribution in [2.75, 3.05) is 6.61 Å². The summed E-state index contributed by atoms with van der Waals surface area (Å²) in [5.74, 6) is -3.27. The van der Waals surface area contributed by atoms with Crippen molar-refractivity contribution in [3.8, 4) is 0 Å². The van der Waals surface area contributed by atoms with E-state index in [4.69, 9.17) is 39.5 Å². The van der Waals surface area contributed by atoms with E-state index in [9.17, 15) is 29.8 Å². The Morgan fingerprint density at radius 2 is 1.27 bits per heavy atom. The molecule has 1 saturated carbocycles. The first-order valence-corrected chi connectivity index (χ1v) is 11.7. The number of hydrogen-bond acceptors (Lipinski definition) is 14. The Morgan fingerprint density at radius 3 is 1.77 bits per heavy atom. The van der Waals surface area contributed by atoms with Crippen molar-refractivity contribution in [2.45, 2.75) is 95.2 Å². The highest BCUT2D eigenvalue weighted by atomic mass is 16.7. The predicted molar refractivity (Wildman–Crippen MR) is 126 cm³/mol. The highest BCUT2D eigenvalue weighted by molar-refractivity contribution is 5.68. The first kappa shape index (κ1) is 31.9. The van der Waals surface area contributed by atoms with Gasteiger partial charge in [-0.2, -0.15) is 0 Å². The number of carbonyl (C=O) groups is 4. The van der Waals surface area contributed by atoms with Crippen LogP contribution in [0.5, 0.6) is 0 Å². The molecule has 1 saturated heterocycles. The normalized spacial score (nSPS) is 33.0. The van der Waals surface area contributed by atoms with Crippen molar-refractivity contribution >= 4 is 23.9 Å². The molecule has 1 aliphatic carbocycles. The second kappa shape index (κ2) is 14.7. The molecule has 0 radical (unpaired) electrons. The molecule has 0 aromatic carbocycles. The summed E-state index contributed by atoms with van der Waals surface area (Å²) in [6, 6.07) is -3.95. The Balaban J connectivity index is 2.56. The number of nitrogens with zero attached hydrogens (tertiary/aromatic N) is 9. The van der Waals surface area contributed by atoms with Gasteiger partial charge in [0.2, 0.25) is 0 Å². The summed E-state index contributed by atoms with van der Waals surface area (Å²) >= 11 is 0. The molecule has 0 aromatic heterocycles. The van der Waals surface area contributed by atoms with Crippen LogP contribution >= 0.6 is 0 Å². The van der Waals surface area contributed by atoms with E-state index < -0.39 is 91.5 Å². The summed E-state index contributed by atoms with van der Waals surface area (Å²) in [5.41, 5.74) is 27.3. The van der Waals surface area contributed by atoms with Gasteiger partial charge in [-0.1, -0.05) is 15.3 Å². The lowest BCUT2D eigenvalue weighted by atomic mass is 9.84. The van der Waals surface area contributed by atoms with Crippen molar-refractivity contribution in [3.63, 3.8) is 0 Å². The van der Waals surface area contributed by atoms with Crippen LogP contribution in [0.15, 0.2) is 15.3 Å². The van der Waals surface area contributed by atoms with Crippen molar-refractivity contribution in [1.29, 1.82) is 0 Å². The lowest BCUT2D eigenvalue weighted by Gasteiger charge is -2.47. The molecule has 0 amide bonds. The minimum Gasteiger partial charge on any atom is -0.463 e. The third-order valence-electron chi connectivity index (χ3n) is 5.76. The van der Waals surface area contributed by atoms with Crippen LogP contribution in [0, 0.1) is 0 Å². The van der Waals surface area contributed by atoms with Crippen molar-refractivity contribution in [2.24, 2.45) is 15.3 Å². The molecule has 40 heavy (non-hydrogen) atoms. The van der Waals surface area contributed by atoms with Crippen LogP contribution in [0.2, 0.25) is 0 Å². The number of esters is 4. The molecule has 2 aliphatic rings. The Bertz CT molecular complexity index is 1120. The van der Waals surface area contributed by atoms with Gasteiger partial charge in [0.15, 0.2) is 18.5 Å². The monoisotopic (exact) mass is 569 g/mol. The van der Waals surface area contributed by atoms with Crippen LogP contribution in [0.1, 0.15) is 34.1 Å². The molecule has 0 spiro atoms. The largest absolute Gasteiger partial charge is 0.463 e. The second-order valence-electron chi connectivity index (χ2n) is 8.63. The molecule has 10 atom stereocenters. The number of hydrogen-bond donors (Lipinski definition) is 1. The summed E-state index contributed by atoms with van der Waals surface area (Å²) in [7, 11) is 0. The van der Waals surface area contributed by atoms with Crippen LogP contribution in [-0.4, -0.2) is 96.6 Å². The summed E-state index contributed by atoms with van der Waals surface area (Å²) < 4.78 is 32.4. The van der Waals surface area contributed by atoms with Crippen LogP contribution in [0.4, 0.5) is 0 Å². The number of carbonyl (C=O) groups excluding carboxylic acids is 4. The number of ether oxygens (including phenoxy) is 6. The summed E-state index contributed by atoms with van der Waals surface area (Å²) in [6.45, 7) is 3.71. The average molecular weight is 569 g/mol. The molecule has 1 N–H and O–H groups in total. The molecular formula is C20H27N9O11. The average Bonchev–Trinajstić information content (AvgIpc) is 2.85. The van der Waals surface area contributed by atoms with Crippen LogP contribution in [-0.2, 0) is 47.6 Å². The molecular weight excluding hydrogens is 542 g/mol. The van der Waals surface area contributed by atoms with E-state index >= 15 is 0 Å². The van der Waals surface area contributed by atoms with Crippen LogP contribution < -0.4 is 0 Å². The SMILES string of the molecule is CC(=O)OCC1O[C@H](O[C@@H]2C(N=[N+]=[N-])CC(N=[N+]=[N-])C(OC(C)=O)C2O)C(N=[N+]=[N-])C(OC(C)=O)[C@@H]1OC(C)=O. The van der Waals surface area contributed by atoms with Gasteiger partial charge in [0.05, 0.1) is 18.2 Å². The van der Waals surface area contributed by atoms with Gasteiger partial charge >= 0.3 is 23.9 Å². The van der Waals surface area contributed by atoms with E-state index in [2.05, 4.69) is 30.1 Å². The molecule has 1 heterocycles. The standard InChI is InChI=1S/C20H27N9O11/c1-7(30)35-6-13-18(37-9(3)32)19(38-10(4)33)14(26-29-23)20(39-13)40-17-12(25-28-22)5-11(24-27-21)16(15(17)34)36-8(2)31/h11-20,34H,5-6H2,1-4H3/t11?,12?,13?,14?,15?,16?,17-,18-,19?,20-/m1/s1. The van der Waals surface area contributed by atoms with E-state index in [-0.39, 0.29) is 6.42 Å². The molecule has 1 aliphatic heterocycles. The minimum absolute atomic E-state index is 0.243. The Labute approximate surface area is 225 Å². The van der Waals surface area contributed by atoms with Gasteiger partial charge in [-0.05, 0) is 23.0 Å². The lowest BCUT2D eigenvalue weighted by Crippen LogP contribution is -2.64. The highest BCUT2D eigenvalue weighted by Crippen LogP contribution is 2.35. The molecule has 7 unspecified atom stereocenters. The summed E-state index contributed by atoms with van der Waals surface area (Å²) in [5, 5.41) is 21.8. The quantitative estimate of drug-likeness (QED) is 0.128. The van der Waals surface area contributed by atoms with Gasteiger partial charge in [-0.15, -0.1) is 0 Å². The van der Waals surface area contributed by atoms with E-state index in [1.165, 1.54) is 0 Å². The van der Waals surface area contributed by atoms with E-state index in [1.807, 2.05) is 0 Å². The van der Waals surface area contributed by atoms with Gasteiger partial charge in [0.25, 0.3) is 0 Å². The first-order chi connectivity index (χ1) is 18.9. The fraction of sp³-hybridized carbons (Fsp3) is 0.800. The third-order valence-corrected chi connectivity index (χ3v) is 5.76. The topological polar surface area (TPSA) is 290 Å². The lowest BCUT2D eigenvalue weighted by molar-refractivity contribution is -0.298. The Hall–Kier alpha value is -4.31. The van der Waals surface area contributed by atoms with Gasteiger partial charge < -0.3 is 33.5 Å². The van der Waals surface area contributed by atoms with Gasteiger partial charge in [0.1, 0.15) is 31.0 Å². The summed E-state index contributed by atoms with van der Waals surface area (Å²) in [6.07, 6.45) is -11.0. The highest BCUT2D eigenvalue weighted by Gasteiger charge is 2.54. The fourth-order valence-electron chi connectivity index (χ4n) is 4.36. The van der Waals surface area contributed by atoms with Crippen molar-refractivity contribution < 1.29 is 52.7 Å². The molecule has 20 heteroatoms. The third kappa shape index (κ3) is 8.34. The Morgan fingerprint density at radius 1 is 0.775 bits per heavy atom.